The first kappa shape index (κ1) is 15.5. The fourth-order valence-electron chi connectivity index (χ4n) is 1.73. The van der Waals surface area contributed by atoms with Crippen LogP contribution in [0.2, 0.25) is 10.0 Å². The van der Waals surface area contributed by atoms with Gasteiger partial charge in [0.25, 0.3) is 0 Å². The van der Waals surface area contributed by atoms with Gasteiger partial charge >= 0.3 is 5.91 Å². The number of rotatable bonds is 4. The molecule has 2 rings (SSSR count). The van der Waals surface area contributed by atoms with Crippen LogP contribution in [0.5, 0.6) is 0 Å². The summed E-state index contributed by atoms with van der Waals surface area (Å²) in [5.74, 6) is -0.212. The topological polar surface area (TPSA) is 45.3 Å². The Morgan fingerprint density at radius 2 is 1.95 bits per heavy atom. The molecule has 0 aliphatic carbocycles. The molecule has 1 aromatic carbocycles. The number of pyridine rings is 1. The zero-order valence-corrected chi connectivity index (χ0v) is 12.9. The molecule has 1 N–H and O–H groups in total. The quantitative estimate of drug-likeness (QED) is 0.525. The van der Waals surface area contributed by atoms with Gasteiger partial charge in [-0.1, -0.05) is 35.3 Å². The number of hydrazone groups is 1. The minimum absolute atomic E-state index is 0.200. The van der Waals surface area contributed by atoms with Crippen LogP contribution in [-0.4, -0.2) is 11.6 Å². The summed E-state index contributed by atoms with van der Waals surface area (Å²) in [5.41, 5.74) is 3.85. The Balaban J connectivity index is 2.01. The number of nitrogens with one attached hydrogen (secondary N) is 1. The average molecular weight is 323 g/mol. The highest BCUT2D eigenvalue weighted by atomic mass is 35.5. The van der Waals surface area contributed by atoms with E-state index in [0.29, 0.717) is 15.8 Å². The van der Waals surface area contributed by atoms with E-state index in [2.05, 4.69) is 10.5 Å². The van der Waals surface area contributed by atoms with E-state index in [1.165, 1.54) is 0 Å². The predicted octanol–water partition coefficient (Wildman–Crippen LogP) is 2.82. The lowest BCUT2D eigenvalue weighted by Crippen LogP contribution is -2.41. The van der Waals surface area contributed by atoms with E-state index in [4.69, 9.17) is 23.2 Å². The average Bonchev–Trinajstić information content (AvgIpc) is 2.46. The zero-order chi connectivity index (χ0) is 15.2. The first-order valence-electron chi connectivity index (χ1n) is 6.29. The Labute approximate surface area is 133 Å². The molecule has 0 saturated heterocycles. The summed E-state index contributed by atoms with van der Waals surface area (Å²) in [7, 11) is 0. The van der Waals surface area contributed by atoms with E-state index in [1.54, 1.807) is 29.7 Å². The lowest BCUT2D eigenvalue weighted by Gasteiger charge is -2.04. The second-order valence-corrected chi connectivity index (χ2v) is 5.25. The molecule has 21 heavy (non-hydrogen) atoms. The summed E-state index contributed by atoms with van der Waals surface area (Å²) in [6.07, 6.45) is 3.62. The van der Waals surface area contributed by atoms with E-state index in [-0.39, 0.29) is 12.5 Å². The van der Waals surface area contributed by atoms with Crippen LogP contribution in [0.25, 0.3) is 0 Å². The molecule has 0 aliphatic rings. The van der Waals surface area contributed by atoms with E-state index >= 15 is 0 Å². The number of carbonyl (C=O) groups is 1. The number of hydrogen-bond acceptors (Lipinski definition) is 2. The summed E-state index contributed by atoms with van der Waals surface area (Å²) < 4.78 is 1.76. The Kier molecular flexibility index (Phi) is 5.31. The van der Waals surface area contributed by atoms with Crippen LogP contribution >= 0.6 is 23.2 Å². The summed E-state index contributed by atoms with van der Waals surface area (Å²) in [6, 6.07) is 10.7. The van der Waals surface area contributed by atoms with Crippen molar-refractivity contribution in [3.63, 3.8) is 0 Å². The Morgan fingerprint density at radius 3 is 2.62 bits per heavy atom. The van der Waals surface area contributed by atoms with Crippen LogP contribution in [0.1, 0.15) is 12.5 Å². The van der Waals surface area contributed by atoms with Crippen molar-refractivity contribution in [1.29, 1.82) is 0 Å². The molecule has 0 bridgehead atoms. The van der Waals surface area contributed by atoms with Crippen molar-refractivity contribution in [1.82, 2.24) is 5.43 Å². The fraction of sp³-hybridized carbons (Fsp3) is 0.133. The van der Waals surface area contributed by atoms with Crippen molar-refractivity contribution in [2.45, 2.75) is 13.5 Å². The zero-order valence-electron chi connectivity index (χ0n) is 11.4. The maximum atomic E-state index is 11.8. The standard InChI is InChI=1S/C15H13Cl2N3O/c1-11(13-6-5-12(16)9-14(13)17)18-19-15(21)10-20-7-3-2-4-8-20/h2-9H,10H2,1H3/p+1/b18-11+. The van der Waals surface area contributed by atoms with Crippen molar-refractivity contribution in [2.75, 3.05) is 0 Å². The highest BCUT2D eigenvalue weighted by Gasteiger charge is 2.09. The molecule has 1 amide bonds. The van der Waals surface area contributed by atoms with Crippen LogP contribution in [0, 0.1) is 0 Å². The molecule has 1 aromatic heterocycles. The van der Waals surface area contributed by atoms with Gasteiger partial charge in [-0.2, -0.15) is 9.67 Å². The highest BCUT2D eigenvalue weighted by molar-refractivity contribution is 6.37. The number of aromatic nitrogens is 1. The number of amides is 1. The molecule has 0 radical (unpaired) electrons. The first-order valence-corrected chi connectivity index (χ1v) is 7.04. The van der Waals surface area contributed by atoms with Crippen LogP contribution in [0.15, 0.2) is 53.9 Å². The maximum absolute atomic E-state index is 11.8. The molecule has 6 heteroatoms. The maximum Gasteiger partial charge on any atom is 0.305 e. The third kappa shape index (κ3) is 4.55. The van der Waals surface area contributed by atoms with Crippen molar-refractivity contribution < 1.29 is 9.36 Å². The minimum atomic E-state index is -0.212. The van der Waals surface area contributed by atoms with Gasteiger partial charge in [0.15, 0.2) is 12.4 Å². The van der Waals surface area contributed by atoms with E-state index < -0.39 is 0 Å². The molecule has 2 aromatic rings. The van der Waals surface area contributed by atoms with Crippen LogP contribution < -0.4 is 9.99 Å². The normalized spacial score (nSPS) is 11.3. The van der Waals surface area contributed by atoms with Gasteiger partial charge in [-0.3, -0.25) is 4.79 Å². The molecule has 0 atom stereocenters. The molecular formula is C15H14Cl2N3O+. The van der Waals surface area contributed by atoms with Crippen molar-refractivity contribution in [3.05, 3.63) is 64.4 Å². The van der Waals surface area contributed by atoms with Crippen molar-refractivity contribution in [3.8, 4) is 0 Å². The fourth-order valence-corrected chi connectivity index (χ4v) is 2.28. The second kappa shape index (κ2) is 7.20. The van der Waals surface area contributed by atoms with Gasteiger partial charge in [0, 0.05) is 22.7 Å². The Hall–Kier alpha value is -1.91. The summed E-state index contributed by atoms with van der Waals surface area (Å²) in [5, 5.41) is 5.11. The number of benzene rings is 1. The van der Waals surface area contributed by atoms with Crippen LogP contribution in [0.4, 0.5) is 0 Å². The largest absolute Gasteiger partial charge is 0.305 e. The number of halogens is 2. The minimum Gasteiger partial charge on any atom is -0.266 e. The molecular weight excluding hydrogens is 309 g/mol. The van der Waals surface area contributed by atoms with E-state index in [1.807, 2.05) is 30.6 Å². The van der Waals surface area contributed by atoms with Gasteiger partial charge in [0.2, 0.25) is 6.54 Å². The van der Waals surface area contributed by atoms with Gasteiger partial charge < -0.3 is 0 Å². The first-order chi connectivity index (χ1) is 10.1. The molecule has 108 valence electrons. The molecule has 0 fully saturated rings. The number of nitrogens with zero attached hydrogens (tertiary/aromatic N) is 2. The van der Waals surface area contributed by atoms with Gasteiger partial charge in [-0.15, -0.1) is 0 Å². The third-order valence-corrected chi connectivity index (χ3v) is 3.32. The molecule has 0 aliphatic heterocycles. The van der Waals surface area contributed by atoms with Gasteiger partial charge in [0.1, 0.15) is 0 Å². The Bertz CT molecular complexity index is 672. The van der Waals surface area contributed by atoms with Gasteiger partial charge in [0.05, 0.1) is 10.7 Å². The molecule has 0 saturated carbocycles. The summed E-state index contributed by atoms with van der Waals surface area (Å²) >= 11 is 11.9. The highest BCUT2D eigenvalue weighted by Crippen LogP contribution is 2.21. The van der Waals surface area contributed by atoms with E-state index in [9.17, 15) is 4.79 Å². The van der Waals surface area contributed by atoms with Gasteiger partial charge in [-0.25, -0.2) is 5.43 Å². The van der Waals surface area contributed by atoms with Gasteiger partial charge in [-0.05, 0) is 19.1 Å². The molecule has 0 spiro atoms. The number of carbonyl (C=O) groups excluding carboxylic acids is 1. The molecule has 1 heterocycles. The van der Waals surface area contributed by atoms with E-state index in [0.717, 1.165) is 5.56 Å². The lowest BCUT2D eigenvalue weighted by molar-refractivity contribution is -0.684. The third-order valence-electron chi connectivity index (χ3n) is 2.77. The summed E-state index contributed by atoms with van der Waals surface area (Å²) in [6.45, 7) is 1.97. The van der Waals surface area contributed by atoms with Crippen LogP contribution in [-0.2, 0) is 11.3 Å². The number of hydrogen-bond donors (Lipinski definition) is 1. The SMILES string of the molecule is C/C(=N\NC(=O)C[n+]1ccccc1)c1ccc(Cl)cc1Cl. The Morgan fingerprint density at radius 1 is 1.24 bits per heavy atom. The predicted molar refractivity (Wildman–Crippen MR) is 83.5 cm³/mol. The van der Waals surface area contributed by atoms with Crippen LogP contribution in [0.3, 0.4) is 0 Å². The second-order valence-electron chi connectivity index (χ2n) is 4.40. The summed E-state index contributed by atoms with van der Waals surface area (Å²) in [4.78, 5) is 11.8. The van der Waals surface area contributed by atoms with Crippen molar-refractivity contribution >= 4 is 34.8 Å². The lowest BCUT2D eigenvalue weighted by atomic mass is 10.1. The monoisotopic (exact) mass is 322 g/mol. The molecule has 0 unspecified atom stereocenters. The smallest absolute Gasteiger partial charge is 0.266 e. The van der Waals surface area contributed by atoms with Crippen molar-refractivity contribution in [2.24, 2.45) is 5.10 Å². The molecule has 4 nitrogen and oxygen atoms in total.